The van der Waals surface area contributed by atoms with Crippen molar-refractivity contribution >= 4 is 17.7 Å². The van der Waals surface area contributed by atoms with Crippen LogP contribution in [-0.2, 0) is 15.7 Å². The highest BCUT2D eigenvalue weighted by Gasteiger charge is 2.34. The maximum absolute atomic E-state index is 13.3. The van der Waals surface area contributed by atoms with E-state index < -0.39 is 17.1 Å². The number of nitrogens with one attached hydrogen (secondary N) is 2. The summed E-state index contributed by atoms with van der Waals surface area (Å²) in [5.41, 5.74) is -0.302. The van der Waals surface area contributed by atoms with Gasteiger partial charge in [-0.2, -0.15) is 13.2 Å². The van der Waals surface area contributed by atoms with Gasteiger partial charge in [0, 0.05) is 5.56 Å². The van der Waals surface area contributed by atoms with E-state index in [4.69, 9.17) is 4.74 Å². The summed E-state index contributed by atoms with van der Waals surface area (Å²) >= 11 is 0.916. The van der Waals surface area contributed by atoms with E-state index in [9.17, 15) is 18.0 Å². The van der Waals surface area contributed by atoms with Crippen LogP contribution in [0.3, 0.4) is 0 Å². The second kappa shape index (κ2) is 10.2. The van der Waals surface area contributed by atoms with Gasteiger partial charge in [-0.1, -0.05) is 42.1 Å². The first kappa shape index (κ1) is 22.5. The second-order valence-corrected chi connectivity index (χ2v) is 8.26. The lowest BCUT2D eigenvalue weighted by Crippen LogP contribution is -3.14. The number of morpholine rings is 1. The molecule has 1 aliphatic heterocycles. The van der Waals surface area contributed by atoms with E-state index in [1.165, 1.54) is 4.90 Å². The molecule has 0 saturated carbocycles. The summed E-state index contributed by atoms with van der Waals surface area (Å²) in [6, 6.07) is 9.52. The molecule has 1 saturated heterocycles. The molecular weight excluding hydrogens is 417 g/mol. The normalized spacial score (nSPS) is 16.3. The summed E-state index contributed by atoms with van der Waals surface area (Å²) in [7, 11) is 0. The van der Waals surface area contributed by atoms with Gasteiger partial charge in [-0.05, 0) is 13.0 Å². The summed E-state index contributed by atoms with van der Waals surface area (Å²) < 4.78 is 45.2. The van der Waals surface area contributed by atoms with E-state index in [0.29, 0.717) is 25.3 Å². The van der Waals surface area contributed by atoms with Gasteiger partial charge in [-0.25, -0.2) is 9.97 Å². The largest absolute Gasteiger partial charge is 0.433 e. The maximum Gasteiger partial charge on any atom is 0.433 e. The Bertz CT molecular complexity index is 846. The third-order valence-corrected chi connectivity index (χ3v) is 5.66. The molecular formula is C20H24F3N4O2S+. The van der Waals surface area contributed by atoms with Gasteiger partial charge in [0.15, 0.2) is 5.16 Å². The Labute approximate surface area is 177 Å². The van der Waals surface area contributed by atoms with Crippen molar-refractivity contribution in [2.75, 3.05) is 39.4 Å². The number of hydrogen-bond acceptors (Lipinski definition) is 5. The zero-order valence-corrected chi connectivity index (χ0v) is 17.4. The van der Waals surface area contributed by atoms with Gasteiger partial charge in [0.05, 0.1) is 37.2 Å². The van der Waals surface area contributed by atoms with Crippen LogP contribution >= 0.6 is 11.8 Å². The first-order chi connectivity index (χ1) is 14.3. The predicted molar refractivity (Wildman–Crippen MR) is 107 cm³/mol. The van der Waals surface area contributed by atoms with Crippen molar-refractivity contribution in [3.8, 4) is 11.3 Å². The molecule has 2 heterocycles. The highest BCUT2D eigenvalue weighted by molar-refractivity contribution is 8.00. The fourth-order valence-corrected chi connectivity index (χ4v) is 3.82. The monoisotopic (exact) mass is 441 g/mol. The van der Waals surface area contributed by atoms with Crippen LogP contribution in [0.25, 0.3) is 11.3 Å². The van der Waals surface area contributed by atoms with Crippen molar-refractivity contribution in [3.63, 3.8) is 0 Å². The molecule has 0 radical (unpaired) electrons. The molecule has 0 unspecified atom stereocenters. The van der Waals surface area contributed by atoms with Gasteiger partial charge in [0.25, 0.3) is 0 Å². The molecule has 10 heteroatoms. The number of aromatic nitrogens is 2. The van der Waals surface area contributed by atoms with Crippen LogP contribution < -0.4 is 10.2 Å². The van der Waals surface area contributed by atoms with Crippen molar-refractivity contribution in [1.29, 1.82) is 0 Å². The van der Waals surface area contributed by atoms with Crippen molar-refractivity contribution in [2.24, 2.45) is 0 Å². The quantitative estimate of drug-likeness (QED) is 0.506. The second-order valence-electron chi connectivity index (χ2n) is 6.95. The summed E-state index contributed by atoms with van der Waals surface area (Å²) in [5.74, 6) is -0.255. The molecule has 1 amide bonds. The Morgan fingerprint density at radius 3 is 2.60 bits per heavy atom. The lowest BCUT2D eigenvalue weighted by Gasteiger charge is -2.24. The molecule has 2 N–H and O–H groups in total. The van der Waals surface area contributed by atoms with E-state index in [1.54, 1.807) is 37.3 Å². The minimum Gasteiger partial charge on any atom is -0.370 e. The first-order valence-corrected chi connectivity index (χ1v) is 10.6. The minimum atomic E-state index is -4.60. The van der Waals surface area contributed by atoms with Gasteiger partial charge in [-0.15, -0.1) is 0 Å². The van der Waals surface area contributed by atoms with Gasteiger partial charge in [-0.3, -0.25) is 4.79 Å². The molecule has 0 aliphatic carbocycles. The number of ether oxygens (including phenoxy) is 1. The fourth-order valence-electron chi connectivity index (χ4n) is 3.01. The van der Waals surface area contributed by atoms with Crippen LogP contribution in [0.15, 0.2) is 41.6 Å². The number of halogens is 3. The van der Waals surface area contributed by atoms with E-state index in [2.05, 4.69) is 15.3 Å². The van der Waals surface area contributed by atoms with Crippen LogP contribution in [-0.4, -0.2) is 60.5 Å². The van der Waals surface area contributed by atoms with Crippen LogP contribution in [0.1, 0.15) is 12.6 Å². The number of carbonyl (C=O) groups is 1. The number of rotatable bonds is 7. The molecule has 6 nitrogen and oxygen atoms in total. The Morgan fingerprint density at radius 1 is 1.23 bits per heavy atom. The van der Waals surface area contributed by atoms with E-state index in [-0.39, 0.29) is 16.8 Å². The van der Waals surface area contributed by atoms with Crippen molar-refractivity contribution in [2.45, 2.75) is 23.5 Å². The lowest BCUT2D eigenvalue weighted by molar-refractivity contribution is -0.906. The topological polar surface area (TPSA) is 68.5 Å². The van der Waals surface area contributed by atoms with E-state index >= 15 is 0 Å². The maximum atomic E-state index is 13.3. The van der Waals surface area contributed by atoms with E-state index in [0.717, 1.165) is 37.5 Å². The van der Waals surface area contributed by atoms with Crippen molar-refractivity contribution < 1.29 is 27.6 Å². The molecule has 30 heavy (non-hydrogen) atoms. The molecule has 2 aromatic rings. The number of alkyl halides is 3. The predicted octanol–water partition coefficient (Wildman–Crippen LogP) is 1.67. The Balaban J connectivity index is 1.66. The number of amides is 1. The van der Waals surface area contributed by atoms with Gasteiger partial charge < -0.3 is 15.0 Å². The third-order valence-electron chi connectivity index (χ3n) is 4.69. The number of benzene rings is 1. The number of quaternary nitrogens is 1. The number of nitrogens with zero attached hydrogens (tertiary/aromatic N) is 2. The van der Waals surface area contributed by atoms with Crippen LogP contribution in [0.4, 0.5) is 13.2 Å². The average Bonchev–Trinajstić information content (AvgIpc) is 2.74. The van der Waals surface area contributed by atoms with Crippen LogP contribution in [0, 0.1) is 0 Å². The molecule has 1 aromatic carbocycles. The molecule has 3 rings (SSSR count). The summed E-state index contributed by atoms with van der Waals surface area (Å²) in [5, 5.41) is 2.14. The number of thioether (sulfide) groups is 1. The Kier molecular flexibility index (Phi) is 7.68. The Hall–Kier alpha value is -2.17. The summed E-state index contributed by atoms with van der Waals surface area (Å²) in [6.45, 7) is 6.15. The number of hydrogen-bond donors (Lipinski definition) is 2. The first-order valence-electron chi connectivity index (χ1n) is 9.70. The van der Waals surface area contributed by atoms with Gasteiger partial charge in [0.1, 0.15) is 18.8 Å². The van der Waals surface area contributed by atoms with Crippen LogP contribution in [0.5, 0.6) is 0 Å². The molecule has 1 atom stereocenters. The highest BCUT2D eigenvalue weighted by Crippen LogP contribution is 2.32. The fraction of sp³-hybridized carbons (Fsp3) is 0.450. The molecule has 1 fully saturated rings. The third kappa shape index (κ3) is 6.41. The molecule has 162 valence electrons. The highest BCUT2D eigenvalue weighted by atomic mass is 32.2. The van der Waals surface area contributed by atoms with Gasteiger partial charge >= 0.3 is 6.18 Å². The Morgan fingerprint density at radius 2 is 1.93 bits per heavy atom. The summed E-state index contributed by atoms with van der Waals surface area (Å²) in [6.07, 6.45) is -4.60. The van der Waals surface area contributed by atoms with Crippen molar-refractivity contribution in [1.82, 2.24) is 15.3 Å². The SMILES string of the molecule is C[C@H](Sc1nc(-c2ccccc2)cc(C(F)(F)F)n1)C(=O)NCC[NH+]1CCOCC1. The zero-order valence-electron chi connectivity index (χ0n) is 16.5. The molecule has 1 aliphatic rings. The standard InChI is InChI=1S/C20H23F3N4O2S/c1-14(18(28)24-7-8-27-9-11-29-12-10-27)30-19-25-16(15-5-3-2-4-6-15)13-17(26-19)20(21,22)23/h2-6,13-14H,7-12H2,1H3,(H,24,28)/p+1/t14-/m0/s1. The molecule has 1 aromatic heterocycles. The molecule has 0 bridgehead atoms. The minimum absolute atomic E-state index is 0.0786. The summed E-state index contributed by atoms with van der Waals surface area (Å²) in [4.78, 5) is 21.6. The van der Waals surface area contributed by atoms with Crippen molar-refractivity contribution in [3.05, 3.63) is 42.1 Å². The van der Waals surface area contributed by atoms with Crippen LogP contribution in [0.2, 0.25) is 0 Å². The van der Waals surface area contributed by atoms with Gasteiger partial charge in [0.2, 0.25) is 5.91 Å². The lowest BCUT2D eigenvalue weighted by atomic mass is 10.1. The molecule has 0 spiro atoms. The smallest absolute Gasteiger partial charge is 0.370 e. The van der Waals surface area contributed by atoms with E-state index in [1.807, 2.05) is 0 Å². The zero-order chi connectivity index (χ0) is 21.6. The number of carbonyl (C=O) groups excluding carboxylic acids is 1. The average molecular weight is 441 g/mol.